The number of fused-ring (bicyclic) bond motifs is 1. The summed E-state index contributed by atoms with van der Waals surface area (Å²) in [7, 11) is 0. The Morgan fingerprint density at radius 3 is 3.11 bits per heavy atom. The molecule has 2 N–H and O–H groups in total. The van der Waals surface area contributed by atoms with Gasteiger partial charge in [-0.2, -0.15) is 0 Å². The lowest BCUT2D eigenvalue weighted by Gasteiger charge is -2.42. The lowest BCUT2D eigenvalue weighted by Crippen LogP contribution is -2.56. The lowest BCUT2D eigenvalue weighted by molar-refractivity contribution is 0.0395. The summed E-state index contributed by atoms with van der Waals surface area (Å²) in [6, 6.07) is 2.56. The van der Waals surface area contributed by atoms with Crippen molar-refractivity contribution in [1.29, 1.82) is 0 Å². The second kappa shape index (κ2) is 4.98. The minimum Gasteiger partial charge on any atom is -0.467 e. The Bertz CT molecular complexity index is 471. The monoisotopic (exact) mass is 263 g/mol. The molecule has 0 radical (unpaired) electrons. The highest BCUT2D eigenvalue weighted by molar-refractivity contribution is 5.94. The number of hydrogen-bond donors (Lipinski definition) is 1. The van der Waals surface area contributed by atoms with Gasteiger partial charge in [-0.3, -0.25) is 9.69 Å². The van der Waals surface area contributed by atoms with Gasteiger partial charge in [-0.15, -0.1) is 0 Å². The van der Waals surface area contributed by atoms with Gasteiger partial charge in [-0.25, -0.2) is 0 Å². The van der Waals surface area contributed by atoms with Gasteiger partial charge in [0, 0.05) is 25.2 Å². The minimum atomic E-state index is 0.0718. The van der Waals surface area contributed by atoms with Gasteiger partial charge >= 0.3 is 0 Å². The fourth-order valence-electron chi connectivity index (χ4n) is 3.24. The predicted molar refractivity (Wildman–Crippen MR) is 71.7 cm³/mol. The van der Waals surface area contributed by atoms with E-state index in [1.165, 1.54) is 25.6 Å². The highest BCUT2D eigenvalue weighted by atomic mass is 16.3. The summed E-state index contributed by atoms with van der Waals surface area (Å²) in [5.74, 6) is 0.734. The van der Waals surface area contributed by atoms with Gasteiger partial charge < -0.3 is 15.1 Å². The van der Waals surface area contributed by atoms with Crippen molar-refractivity contribution in [3.8, 4) is 0 Å². The molecule has 0 bridgehead atoms. The molecule has 2 unspecified atom stereocenters. The van der Waals surface area contributed by atoms with Crippen molar-refractivity contribution in [2.45, 2.75) is 38.4 Å². The molecule has 2 fully saturated rings. The molecule has 2 aliphatic heterocycles. The van der Waals surface area contributed by atoms with Gasteiger partial charge in [0.1, 0.15) is 12.0 Å². The van der Waals surface area contributed by atoms with Crippen LogP contribution in [0.2, 0.25) is 0 Å². The van der Waals surface area contributed by atoms with Crippen molar-refractivity contribution < 1.29 is 9.21 Å². The Morgan fingerprint density at radius 2 is 2.37 bits per heavy atom. The van der Waals surface area contributed by atoms with Gasteiger partial charge in [0.25, 0.3) is 5.91 Å². The first-order valence-electron chi connectivity index (χ1n) is 7.01. The van der Waals surface area contributed by atoms with Gasteiger partial charge in [0.2, 0.25) is 0 Å². The van der Waals surface area contributed by atoms with Crippen LogP contribution in [0.1, 0.15) is 35.9 Å². The molecular weight excluding hydrogens is 242 g/mol. The van der Waals surface area contributed by atoms with E-state index in [9.17, 15) is 4.79 Å². The van der Waals surface area contributed by atoms with Crippen molar-refractivity contribution in [3.05, 3.63) is 23.7 Å². The van der Waals surface area contributed by atoms with E-state index in [0.29, 0.717) is 23.9 Å². The Morgan fingerprint density at radius 1 is 1.53 bits per heavy atom. The molecule has 0 spiro atoms. The molecule has 3 rings (SSSR count). The number of hydrogen-bond acceptors (Lipinski definition) is 4. The van der Waals surface area contributed by atoms with E-state index >= 15 is 0 Å². The van der Waals surface area contributed by atoms with E-state index in [1.807, 2.05) is 4.90 Å². The molecule has 2 atom stereocenters. The number of carbonyl (C=O) groups is 1. The molecule has 0 aliphatic carbocycles. The van der Waals surface area contributed by atoms with Crippen LogP contribution in [-0.2, 0) is 6.54 Å². The number of piperazine rings is 1. The Labute approximate surface area is 113 Å². The van der Waals surface area contributed by atoms with Gasteiger partial charge in [0.15, 0.2) is 0 Å². The van der Waals surface area contributed by atoms with Crippen LogP contribution in [0.25, 0.3) is 0 Å². The van der Waals surface area contributed by atoms with Gasteiger partial charge in [0.05, 0.1) is 12.1 Å². The highest BCUT2D eigenvalue weighted by Crippen LogP contribution is 2.26. The van der Waals surface area contributed by atoms with Crippen molar-refractivity contribution in [1.82, 2.24) is 9.80 Å². The second-order valence-electron chi connectivity index (χ2n) is 5.60. The quantitative estimate of drug-likeness (QED) is 0.866. The number of amides is 1. The maximum absolute atomic E-state index is 12.5. The number of nitrogens with zero attached hydrogens (tertiary/aromatic N) is 2. The zero-order chi connectivity index (χ0) is 13.4. The van der Waals surface area contributed by atoms with E-state index in [4.69, 9.17) is 10.2 Å². The Kier molecular flexibility index (Phi) is 3.33. The van der Waals surface area contributed by atoms with Gasteiger partial charge in [-0.1, -0.05) is 0 Å². The summed E-state index contributed by atoms with van der Waals surface area (Å²) >= 11 is 0. The van der Waals surface area contributed by atoms with Crippen LogP contribution < -0.4 is 5.73 Å². The van der Waals surface area contributed by atoms with Crippen molar-refractivity contribution in [2.24, 2.45) is 5.73 Å². The molecule has 104 valence electrons. The number of nitrogens with two attached hydrogens (primary N) is 1. The maximum Gasteiger partial charge on any atom is 0.257 e. The molecule has 2 aliphatic rings. The topological polar surface area (TPSA) is 62.7 Å². The summed E-state index contributed by atoms with van der Waals surface area (Å²) < 4.78 is 5.26. The van der Waals surface area contributed by atoms with E-state index in [-0.39, 0.29) is 11.9 Å². The third-order valence-corrected chi connectivity index (χ3v) is 4.30. The predicted octanol–water partition coefficient (Wildman–Crippen LogP) is 1.05. The fourth-order valence-corrected chi connectivity index (χ4v) is 3.24. The normalized spacial score (nSPS) is 27.6. The van der Waals surface area contributed by atoms with Gasteiger partial charge in [-0.05, 0) is 32.4 Å². The molecular formula is C14H21N3O2. The molecule has 0 saturated carbocycles. The molecule has 2 saturated heterocycles. The molecule has 1 aromatic rings. The van der Waals surface area contributed by atoms with E-state index in [1.54, 1.807) is 6.07 Å². The minimum absolute atomic E-state index is 0.0718. The lowest BCUT2D eigenvalue weighted by atomic mass is 10.1. The summed E-state index contributed by atoms with van der Waals surface area (Å²) in [5.41, 5.74) is 6.14. The molecule has 19 heavy (non-hydrogen) atoms. The van der Waals surface area contributed by atoms with E-state index < -0.39 is 0 Å². The number of carbonyl (C=O) groups excluding carboxylic acids is 1. The van der Waals surface area contributed by atoms with Crippen LogP contribution in [0.5, 0.6) is 0 Å². The molecule has 5 heteroatoms. The summed E-state index contributed by atoms with van der Waals surface area (Å²) in [5, 5.41) is 0. The summed E-state index contributed by atoms with van der Waals surface area (Å²) in [6.07, 6.45) is 3.98. The Hall–Kier alpha value is -1.33. The second-order valence-corrected chi connectivity index (χ2v) is 5.60. The first-order valence-corrected chi connectivity index (χ1v) is 7.01. The molecule has 3 heterocycles. The molecule has 0 aromatic carbocycles. The van der Waals surface area contributed by atoms with Crippen LogP contribution in [0, 0.1) is 0 Å². The fraction of sp³-hybridized carbons (Fsp3) is 0.643. The molecule has 1 aromatic heterocycles. The zero-order valence-corrected chi connectivity index (χ0v) is 11.3. The van der Waals surface area contributed by atoms with E-state index in [2.05, 4.69) is 11.8 Å². The SMILES string of the molecule is CC1CN2CCCC2CN1C(=O)c1coc(CN)c1. The van der Waals surface area contributed by atoms with Crippen molar-refractivity contribution in [2.75, 3.05) is 19.6 Å². The smallest absolute Gasteiger partial charge is 0.257 e. The molecule has 1 amide bonds. The largest absolute Gasteiger partial charge is 0.467 e. The first kappa shape index (κ1) is 12.7. The average Bonchev–Trinajstić information content (AvgIpc) is 3.05. The van der Waals surface area contributed by atoms with Crippen molar-refractivity contribution >= 4 is 5.91 Å². The Balaban J connectivity index is 1.75. The third kappa shape index (κ3) is 2.28. The van der Waals surface area contributed by atoms with Crippen molar-refractivity contribution in [3.63, 3.8) is 0 Å². The number of rotatable bonds is 2. The third-order valence-electron chi connectivity index (χ3n) is 4.30. The molecule has 5 nitrogen and oxygen atoms in total. The van der Waals surface area contributed by atoms with E-state index in [0.717, 1.165) is 13.1 Å². The standard InChI is InChI=1S/C14H21N3O2/c1-10-7-16-4-2-3-12(16)8-17(10)14(18)11-5-13(6-15)19-9-11/h5,9-10,12H,2-4,6-8,15H2,1H3. The first-order chi connectivity index (χ1) is 9.19. The van der Waals surface area contributed by atoms with Crippen LogP contribution in [0.15, 0.2) is 16.7 Å². The van der Waals surface area contributed by atoms with Crippen LogP contribution in [-0.4, -0.2) is 47.4 Å². The van der Waals surface area contributed by atoms with Crippen LogP contribution >= 0.6 is 0 Å². The van der Waals surface area contributed by atoms with Crippen LogP contribution in [0.3, 0.4) is 0 Å². The summed E-state index contributed by atoms with van der Waals surface area (Å²) in [4.78, 5) is 17.0. The summed E-state index contributed by atoms with van der Waals surface area (Å²) in [6.45, 7) is 5.46. The van der Waals surface area contributed by atoms with Crippen LogP contribution in [0.4, 0.5) is 0 Å². The average molecular weight is 263 g/mol. The highest BCUT2D eigenvalue weighted by Gasteiger charge is 2.36. The maximum atomic E-state index is 12.5. The number of furan rings is 1. The zero-order valence-electron chi connectivity index (χ0n) is 11.3.